The first-order valence-corrected chi connectivity index (χ1v) is 6.28. The van der Waals surface area contributed by atoms with Crippen LogP contribution in [0.2, 0.25) is 0 Å². The summed E-state index contributed by atoms with van der Waals surface area (Å²) in [4.78, 5) is 15.1. The molecule has 0 amide bonds. The Morgan fingerprint density at radius 3 is 2.81 bits per heavy atom. The average molecular weight is 284 g/mol. The summed E-state index contributed by atoms with van der Waals surface area (Å²) in [6.07, 6.45) is 1.32. The molecule has 0 saturated heterocycles. The van der Waals surface area contributed by atoms with Gasteiger partial charge in [-0.25, -0.2) is 0 Å². The Bertz CT molecular complexity index is 839. The summed E-state index contributed by atoms with van der Waals surface area (Å²) in [6.45, 7) is 1.83. The number of nitrogens with zero attached hydrogens (tertiary/aromatic N) is 2. The minimum atomic E-state index is -0.454. The highest BCUT2D eigenvalue weighted by Gasteiger charge is 2.21. The maximum absolute atomic E-state index is 11.1. The number of aromatic nitrogens is 1. The zero-order valence-electron chi connectivity index (χ0n) is 11.5. The Morgan fingerprint density at radius 2 is 2.10 bits per heavy atom. The van der Waals surface area contributed by atoms with E-state index in [2.05, 4.69) is 4.98 Å². The van der Waals surface area contributed by atoms with Crippen molar-refractivity contribution in [3.63, 3.8) is 0 Å². The molecule has 106 valence electrons. The Kier molecular flexibility index (Phi) is 3.06. The van der Waals surface area contributed by atoms with Crippen molar-refractivity contribution in [1.29, 1.82) is 0 Å². The van der Waals surface area contributed by atoms with Gasteiger partial charge in [0.15, 0.2) is 0 Å². The molecule has 0 atom stereocenters. The van der Waals surface area contributed by atoms with E-state index in [1.54, 1.807) is 25.3 Å². The van der Waals surface area contributed by atoms with Crippen molar-refractivity contribution >= 4 is 16.6 Å². The molecule has 3 aromatic rings. The number of hydrogen-bond acceptors (Lipinski definition) is 5. The van der Waals surface area contributed by atoms with Gasteiger partial charge in [0.2, 0.25) is 5.76 Å². The van der Waals surface area contributed by atoms with Gasteiger partial charge in [0.1, 0.15) is 5.75 Å². The second kappa shape index (κ2) is 4.90. The van der Waals surface area contributed by atoms with Crippen LogP contribution in [0, 0.1) is 17.0 Å². The summed E-state index contributed by atoms with van der Waals surface area (Å²) in [5.41, 5.74) is 2.04. The second-order valence-electron chi connectivity index (χ2n) is 4.59. The molecule has 0 spiro atoms. The van der Waals surface area contributed by atoms with Crippen molar-refractivity contribution in [3.8, 4) is 17.1 Å². The number of fused-ring (bicyclic) bond motifs is 1. The van der Waals surface area contributed by atoms with Crippen molar-refractivity contribution in [1.82, 2.24) is 4.98 Å². The van der Waals surface area contributed by atoms with Crippen LogP contribution in [0.25, 0.3) is 22.2 Å². The summed E-state index contributed by atoms with van der Waals surface area (Å²) in [7, 11) is 1.58. The predicted molar refractivity (Wildman–Crippen MR) is 77.4 cm³/mol. The van der Waals surface area contributed by atoms with E-state index in [9.17, 15) is 10.1 Å². The van der Waals surface area contributed by atoms with Gasteiger partial charge >= 0.3 is 5.69 Å². The van der Waals surface area contributed by atoms with E-state index >= 15 is 0 Å². The Labute approximate surface area is 120 Å². The van der Waals surface area contributed by atoms with E-state index in [4.69, 9.17) is 9.15 Å². The number of rotatable bonds is 3. The lowest BCUT2D eigenvalue weighted by Crippen LogP contribution is -1.92. The zero-order valence-corrected chi connectivity index (χ0v) is 11.5. The minimum absolute atomic E-state index is 0.0577. The Balaban J connectivity index is 2.31. The Hall–Kier alpha value is -2.89. The quantitative estimate of drug-likeness (QED) is 0.541. The van der Waals surface area contributed by atoms with Crippen LogP contribution in [0.1, 0.15) is 5.69 Å². The molecule has 2 aromatic heterocycles. The van der Waals surface area contributed by atoms with Crippen molar-refractivity contribution < 1.29 is 14.1 Å². The molecule has 6 heteroatoms. The Morgan fingerprint density at radius 1 is 1.29 bits per heavy atom. The fourth-order valence-electron chi connectivity index (χ4n) is 2.30. The highest BCUT2D eigenvalue weighted by molar-refractivity contribution is 5.95. The number of ether oxygens (including phenoxy) is 1. The van der Waals surface area contributed by atoms with Gasteiger partial charge in [-0.15, -0.1) is 0 Å². The van der Waals surface area contributed by atoms with Crippen LogP contribution in [0.3, 0.4) is 0 Å². The van der Waals surface area contributed by atoms with Gasteiger partial charge in [0, 0.05) is 22.7 Å². The molecule has 2 heterocycles. The first kappa shape index (κ1) is 13.1. The van der Waals surface area contributed by atoms with Crippen LogP contribution in [-0.2, 0) is 0 Å². The number of furan rings is 1. The molecule has 0 saturated carbocycles. The fraction of sp³-hybridized carbons (Fsp3) is 0.133. The molecule has 0 radical (unpaired) electrons. The molecule has 0 aliphatic carbocycles. The van der Waals surface area contributed by atoms with E-state index in [1.165, 1.54) is 12.3 Å². The van der Waals surface area contributed by atoms with Crippen molar-refractivity contribution in [2.24, 2.45) is 0 Å². The van der Waals surface area contributed by atoms with Crippen LogP contribution >= 0.6 is 0 Å². The third-order valence-corrected chi connectivity index (χ3v) is 3.23. The van der Waals surface area contributed by atoms with Crippen LogP contribution in [0.5, 0.6) is 5.75 Å². The van der Waals surface area contributed by atoms with Gasteiger partial charge in [-0.2, -0.15) is 0 Å². The van der Waals surface area contributed by atoms with E-state index in [0.29, 0.717) is 16.8 Å². The predicted octanol–water partition coefficient (Wildman–Crippen LogP) is 3.72. The molecule has 0 aliphatic heterocycles. The summed E-state index contributed by atoms with van der Waals surface area (Å²) in [5, 5.41) is 11.9. The second-order valence-corrected chi connectivity index (χ2v) is 4.59. The number of pyridine rings is 1. The molecule has 0 N–H and O–H groups in total. The number of benzene rings is 1. The molecular weight excluding hydrogens is 272 g/mol. The standard InChI is InChI=1S/C15H12N2O4/c1-9-7-12(15-14(17(18)19)5-6-21-15)11-4-3-10(20-2)8-13(11)16-9/h3-8H,1-2H3. The molecular formula is C15H12N2O4. The van der Waals surface area contributed by atoms with E-state index in [0.717, 1.165) is 11.1 Å². The van der Waals surface area contributed by atoms with Crippen LogP contribution in [-0.4, -0.2) is 17.0 Å². The van der Waals surface area contributed by atoms with E-state index < -0.39 is 4.92 Å². The topological polar surface area (TPSA) is 78.4 Å². The monoisotopic (exact) mass is 284 g/mol. The largest absolute Gasteiger partial charge is 0.497 e. The minimum Gasteiger partial charge on any atom is -0.497 e. The summed E-state index contributed by atoms with van der Waals surface area (Å²) in [6, 6.07) is 8.53. The molecule has 3 rings (SSSR count). The van der Waals surface area contributed by atoms with Crippen molar-refractivity contribution in [2.45, 2.75) is 6.92 Å². The maximum atomic E-state index is 11.1. The van der Waals surface area contributed by atoms with Gasteiger partial charge in [0.25, 0.3) is 0 Å². The van der Waals surface area contributed by atoms with Gasteiger partial charge in [-0.3, -0.25) is 15.1 Å². The average Bonchev–Trinajstić information content (AvgIpc) is 2.95. The molecule has 0 fully saturated rings. The molecule has 21 heavy (non-hydrogen) atoms. The van der Waals surface area contributed by atoms with Crippen LogP contribution in [0.15, 0.2) is 41.0 Å². The lowest BCUT2D eigenvalue weighted by molar-refractivity contribution is -0.384. The lowest BCUT2D eigenvalue weighted by atomic mass is 10.0. The summed E-state index contributed by atoms with van der Waals surface area (Å²) >= 11 is 0. The molecule has 0 unspecified atom stereocenters. The fourth-order valence-corrected chi connectivity index (χ4v) is 2.30. The zero-order chi connectivity index (χ0) is 15.0. The van der Waals surface area contributed by atoms with Crippen molar-refractivity contribution in [3.05, 3.63) is 52.4 Å². The van der Waals surface area contributed by atoms with Crippen LogP contribution in [0.4, 0.5) is 5.69 Å². The molecule has 6 nitrogen and oxygen atoms in total. The summed E-state index contributed by atoms with van der Waals surface area (Å²) in [5.74, 6) is 0.918. The SMILES string of the molecule is COc1ccc2c(-c3occc3[N+](=O)[O-])cc(C)nc2c1. The number of methoxy groups -OCH3 is 1. The number of aryl methyl sites for hydroxylation is 1. The van der Waals surface area contributed by atoms with Gasteiger partial charge in [0.05, 0.1) is 29.9 Å². The van der Waals surface area contributed by atoms with Gasteiger partial charge in [-0.05, 0) is 25.1 Å². The smallest absolute Gasteiger partial charge is 0.315 e. The van der Waals surface area contributed by atoms with Gasteiger partial charge in [-0.1, -0.05) is 0 Å². The molecule has 1 aromatic carbocycles. The van der Waals surface area contributed by atoms with Gasteiger partial charge < -0.3 is 9.15 Å². The van der Waals surface area contributed by atoms with Crippen LogP contribution < -0.4 is 4.74 Å². The first-order valence-electron chi connectivity index (χ1n) is 6.28. The highest BCUT2D eigenvalue weighted by Crippen LogP contribution is 2.36. The number of hydrogen-bond donors (Lipinski definition) is 0. The third-order valence-electron chi connectivity index (χ3n) is 3.23. The molecule has 0 aliphatic rings. The highest BCUT2D eigenvalue weighted by atomic mass is 16.6. The normalized spacial score (nSPS) is 10.8. The summed E-state index contributed by atoms with van der Waals surface area (Å²) < 4.78 is 10.5. The first-order chi connectivity index (χ1) is 10.1. The van der Waals surface area contributed by atoms with Crippen molar-refractivity contribution in [2.75, 3.05) is 7.11 Å². The molecule has 0 bridgehead atoms. The van der Waals surface area contributed by atoms with E-state index in [1.807, 2.05) is 13.0 Å². The van der Waals surface area contributed by atoms with E-state index in [-0.39, 0.29) is 11.4 Å². The lowest BCUT2D eigenvalue weighted by Gasteiger charge is -2.07. The number of nitro groups is 1. The third kappa shape index (κ3) is 2.20. The maximum Gasteiger partial charge on any atom is 0.315 e.